The topological polar surface area (TPSA) is 83.6 Å². The fourth-order valence-corrected chi connectivity index (χ4v) is 1.95. The first kappa shape index (κ1) is 12.7. The lowest BCUT2D eigenvalue weighted by molar-refractivity contribution is -0.131. The molecular formula is C11H18N2O3. The van der Waals surface area contributed by atoms with Crippen LogP contribution in [0.1, 0.15) is 19.8 Å². The number of likely N-dealkylation sites (tertiary alicyclic amines) is 1. The summed E-state index contributed by atoms with van der Waals surface area (Å²) >= 11 is 0. The molecule has 2 atom stereocenters. The molecular weight excluding hydrogens is 208 g/mol. The van der Waals surface area contributed by atoms with Crippen molar-refractivity contribution in [2.24, 2.45) is 11.7 Å². The Morgan fingerprint density at radius 1 is 1.50 bits per heavy atom. The average Bonchev–Trinajstić information content (AvgIpc) is 2.20. The minimum Gasteiger partial charge on any atom is -0.478 e. The number of carbonyl (C=O) groups is 2. The number of nitrogens with two attached hydrogens (primary N) is 1. The van der Waals surface area contributed by atoms with E-state index in [-0.39, 0.29) is 11.8 Å². The van der Waals surface area contributed by atoms with Crippen molar-refractivity contribution >= 4 is 11.9 Å². The summed E-state index contributed by atoms with van der Waals surface area (Å²) in [6.07, 6.45) is 4.48. The molecule has 0 aromatic rings. The van der Waals surface area contributed by atoms with E-state index >= 15 is 0 Å². The summed E-state index contributed by atoms with van der Waals surface area (Å²) in [6, 6.07) is 0.369. The van der Waals surface area contributed by atoms with Gasteiger partial charge in [0.05, 0.1) is 5.92 Å². The molecule has 90 valence electrons. The molecule has 0 aromatic carbocycles. The zero-order valence-electron chi connectivity index (χ0n) is 9.43. The zero-order valence-corrected chi connectivity index (χ0v) is 9.43. The van der Waals surface area contributed by atoms with Crippen molar-refractivity contribution in [1.82, 2.24) is 4.90 Å². The highest BCUT2D eigenvalue weighted by molar-refractivity contribution is 5.79. The molecule has 1 heterocycles. The monoisotopic (exact) mass is 226 g/mol. The molecule has 0 aromatic heterocycles. The first-order chi connectivity index (χ1) is 7.50. The molecule has 1 aliphatic heterocycles. The van der Waals surface area contributed by atoms with Gasteiger partial charge in [0.2, 0.25) is 5.91 Å². The Morgan fingerprint density at radius 3 is 2.75 bits per heavy atom. The van der Waals surface area contributed by atoms with Gasteiger partial charge in [-0.05, 0) is 19.8 Å². The van der Waals surface area contributed by atoms with Crippen molar-refractivity contribution in [2.45, 2.75) is 25.8 Å². The molecule has 0 aliphatic carbocycles. The van der Waals surface area contributed by atoms with Crippen LogP contribution in [0.25, 0.3) is 0 Å². The summed E-state index contributed by atoms with van der Waals surface area (Å²) in [5, 5.41) is 8.47. The molecule has 16 heavy (non-hydrogen) atoms. The normalized spacial score (nSPS) is 27.1. The highest BCUT2D eigenvalue weighted by Gasteiger charge is 2.27. The van der Waals surface area contributed by atoms with Crippen LogP contribution in [0.2, 0.25) is 0 Å². The van der Waals surface area contributed by atoms with Crippen LogP contribution in [-0.2, 0) is 9.59 Å². The fraction of sp³-hybridized carbons (Fsp3) is 0.636. The van der Waals surface area contributed by atoms with Crippen LogP contribution in [-0.4, -0.2) is 41.0 Å². The smallest absolute Gasteiger partial charge is 0.328 e. The van der Waals surface area contributed by atoms with Crippen LogP contribution in [0.3, 0.4) is 0 Å². The third kappa shape index (κ3) is 3.66. The predicted molar refractivity (Wildman–Crippen MR) is 59.7 cm³/mol. The molecule has 1 fully saturated rings. The molecule has 0 spiro atoms. The van der Waals surface area contributed by atoms with E-state index in [1.165, 1.54) is 0 Å². The van der Waals surface area contributed by atoms with Crippen molar-refractivity contribution < 1.29 is 14.7 Å². The van der Waals surface area contributed by atoms with Crippen molar-refractivity contribution in [1.29, 1.82) is 0 Å². The van der Waals surface area contributed by atoms with Crippen LogP contribution >= 0.6 is 0 Å². The number of nitrogens with zero attached hydrogens (tertiary/aromatic N) is 1. The van der Waals surface area contributed by atoms with Gasteiger partial charge in [-0.1, -0.05) is 6.08 Å². The summed E-state index contributed by atoms with van der Waals surface area (Å²) < 4.78 is 0. The maximum atomic E-state index is 11.1. The van der Waals surface area contributed by atoms with Gasteiger partial charge < -0.3 is 10.8 Å². The lowest BCUT2D eigenvalue weighted by atomic mass is 9.93. The van der Waals surface area contributed by atoms with E-state index in [9.17, 15) is 9.59 Å². The average molecular weight is 226 g/mol. The fourth-order valence-electron chi connectivity index (χ4n) is 1.95. The molecule has 1 aliphatic rings. The van der Waals surface area contributed by atoms with Crippen molar-refractivity contribution in [3.05, 3.63) is 12.2 Å². The van der Waals surface area contributed by atoms with Crippen LogP contribution < -0.4 is 5.73 Å². The summed E-state index contributed by atoms with van der Waals surface area (Å²) in [6.45, 7) is 3.25. The first-order valence-corrected chi connectivity index (χ1v) is 5.43. The molecule has 0 radical (unpaired) electrons. The minimum absolute atomic E-state index is 0.102. The molecule has 1 amide bonds. The van der Waals surface area contributed by atoms with E-state index < -0.39 is 5.97 Å². The van der Waals surface area contributed by atoms with Crippen LogP contribution in [0.5, 0.6) is 0 Å². The molecule has 1 rings (SSSR count). The number of hydrogen-bond donors (Lipinski definition) is 2. The lowest BCUT2D eigenvalue weighted by Gasteiger charge is -2.36. The van der Waals surface area contributed by atoms with Gasteiger partial charge in [-0.2, -0.15) is 0 Å². The van der Waals surface area contributed by atoms with Gasteiger partial charge in [0, 0.05) is 25.2 Å². The SMILES string of the molecule is CC1CCC(C(N)=O)CN1CC=CC(=O)O. The van der Waals surface area contributed by atoms with Gasteiger partial charge >= 0.3 is 5.97 Å². The second-order valence-electron chi connectivity index (χ2n) is 4.22. The molecule has 0 saturated carbocycles. The van der Waals surface area contributed by atoms with E-state index in [1.54, 1.807) is 6.08 Å². The Bertz CT molecular complexity index is 302. The van der Waals surface area contributed by atoms with Crippen LogP contribution in [0.15, 0.2) is 12.2 Å². The maximum Gasteiger partial charge on any atom is 0.328 e. The number of carbonyl (C=O) groups excluding carboxylic acids is 1. The summed E-state index contributed by atoms with van der Waals surface area (Å²) in [5.41, 5.74) is 5.27. The zero-order chi connectivity index (χ0) is 12.1. The van der Waals surface area contributed by atoms with E-state index in [1.807, 2.05) is 0 Å². The Morgan fingerprint density at radius 2 is 2.19 bits per heavy atom. The molecule has 3 N–H and O–H groups in total. The van der Waals surface area contributed by atoms with Crippen molar-refractivity contribution in [3.63, 3.8) is 0 Å². The molecule has 2 unspecified atom stereocenters. The van der Waals surface area contributed by atoms with Crippen molar-refractivity contribution in [3.8, 4) is 0 Å². The predicted octanol–water partition coefficient (Wildman–Crippen LogP) is 0.213. The number of hydrogen-bond acceptors (Lipinski definition) is 3. The van der Waals surface area contributed by atoms with Crippen molar-refractivity contribution in [2.75, 3.05) is 13.1 Å². The van der Waals surface area contributed by atoms with E-state index in [0.29, 0.717) is 19.1 Å². The third-order valence-electron chi connectivity index (χ3n) is 3.01. The Kier molecular flexibility index (Phi) is 4.49. The highest BCUT2D eigenvalue weighted by Crippen LogP contribution is 2.21. The van der Waals surface area contributed by atoms with Gasteiger partial charge in [0.15, 0.2) is 0 Å². The van der Waals surface area contributed by atoms with Crippen LogP contribution in [0.4, 0.5) is 0 Å². The number of amides is 1. The Hall–Kier alpha value is -1.36. The molecule has 1 saturated heterocycles. The quantitative estimate of drug-likeness (QED) is 0.671. The standard InChI is InChI=1S/C11H18N2O3/c1-8-4-5-9(11(12)16)7-13(8)6-2-3-10(14)15/h2-3,8-9H,4-7H2,1H3,(H2,12,16)(H,14,15). The second-order valence-corrected chi connectivity index (χ2v) is 4.22. The number of primary amides is 1. The Balaban J connectivity index is 2.49. The lowest BCUT2D eigenvalue weighted by Crippen LogP contribution is -2.45. The van der Waals surface area contributed by atoms with Gasteiger partial charge in [0.1, 0.15) is 0 Å². The second kappa shape index (κ2) is 5.65. The van der Waals surface area contributed by atoms with Gasteiger partial charge in [-0.25, -0.2) is 4.79 Å². The molecule has 5 heteroatoms. The summed E-state index contributed by atoms with van der Waals surface area (Å²) in [5.74, 6) is -1.32. The minimum atomic E-state index is -0.948. The van der Waals surface area contributed by atoms with Gasteiger partial charge in [-0.3, -0.25) is 9.69 Å². The van der Waals surface area contributed by atoms with Crippen LogP contribution in [0, 0.1) is 5.92 Å². The highest BCUT2D eigenvalue weighted by atomic mass is 16.4. The largest absolute Gasteiger partial charge is 0.478 e. The van der Waals surface area contributed by atoms with Gasteiger partial charge in [-0.15, -0.1) is 0 Å². The summed E-state index contributed by atoms with van der Waals surface area (Å²) in [4.78, 5) is 23.5. The summed E-state index contributed by atoms with van der Waals surface area (Å²) in [7, 11) is 0. The third-order valence-corrected chi connectivity index (χ3v) is 3.01. The van der Waals surface area contributed by atoms with Gasteiger partial charge in [0.25, 0.3) is 0 Å². The number of aliphatic carboxylic acids is 1. The number of piperidine rings is 1. The molecule has 0 bridgehead atoms. The first-order valence-electron chi connectivity index (χ1n) is 5.43. The van der Waals surface area contributed by atoms with E-state index in [4.69, 9.17) is 10.8 Å². The van der Waals surface area contributed by atoms with E-state index in [0.717, 1.165) is 18.9 Å². The Labute approximate surface area is 94.9 Å². The van der Waals surface area contributed by atoms with E-state index in [2.05, 4.69) is 11.8 Å². The maximum absolute atomic E-state index is 11.1. The number of carboxylic acid groups (broad SMARTS) is 1. The molecule has 5 nitrogen and oxygen atoms in total. The number of rotatable bonds is 4. The number of carboxylic acids is 1.